The van der Waals surface area contributed by atoms with Crippen molar-refractivity contribution in [1.82, 2.24) is 0 Å². The largest absolute Gasteiger partial charge is 0.529 e. The minimum Gasteiger partial charge on any atom is -0.402 e. The number of thioether (sulfide) groups is 1. The van der Waals surface area contributed by atoms with Gasteiger partial charge in [-0.15, -0.1) is 23.1 Å². The lowest BCUT2D eigenvalue weighted by Crippen LogP contribution is -1.97. The van der Waals surface area contributed by atoms with Crippen LogP contribution in [0.4, 0.5) is 0 Å². The van der Waals surface area contributed by atoms with Gasteiger partial charge in [-0.3, -0.25) is 9.05 Å². The maximum atomic E-state index is 11.8. The lowest BCUT2D eigenvalue weighted by molar-refractivity contribution is 0.211. The molecular weight excluding hydrogens is 281 g/mol. The number of nitriles is 1. The highest BCUT2D eigenvalue weighted by molar-refractivity contribution is 8.01. The van der Waals surface area contributed by atoms with Crippen molar-refractivity contribution in [3.63, 3.8) is 0 Å². The molecule has 0 aromatic carbocycles. The molecule has 1 heterocycles. The van der Waals surface area contributed by atoms with Crippen LogP contribution in [-0.2, 0) is 13.6 Å². The van der Waals surface area contributed by atoms with Crippen molar-refractivity contribution in [3.8, 4) is 11.8 Å². The summed E-state index contributed by atoms with van der Waals surface area (Å²) < 4.78 is 27.2. The van der Waals surface area contributed by atoms with Crippen LogP contribution in [0.15, 0.2) is 10.3 Å². The van der Waals surface area contributed by atoms with E-state index >= 15 is 0 Å². The molecule has 0 amide bonds. The first-order chi connectivity index (χ1) is 8.08. The summed E-state index contributed by atoms with van der Waals surface area (Å²) in [5.74, 6) is 1.12. The lowest BCUT2D eigenvalue weighted by Gasteiger charge is -2.12. The second kappa shape index (κ2) is 6.43. The molecule has 17 heavy (non-hydrogen) atoms. The fraction of sp³-hybridized carbons (Fsp3) is 0.444. The number of thiophene rings is 1. The average Bonchev–Trinajstić information content (AvgIpc) is 2.71. The van der Waals surface area contributed by atoms with E-state index in [2.05, 4.69) is 9.05 Å². The highest BCUT2D eigenvalue weighted by Gasteiger charge is 2.27. The van der Waals surface area contributed by atoms with E-state index in [1.807, 2.05) is 13.0 Å². The van der Waals surface area contributed by atoms with Gasteiger partial charge in [-0.1, -0.05) is 6.92 Å². The summed E-state index contributed by atoms with van der Waals surface area (Å²) in [4.78, 5) is 0.357. The predicted octanol–water partition coefficient (Wildman–Crippen LogP) is 3.51. The minimum atomic E-state index is -3.60. The highest BCUT2D eigenvalue weighted by Crippen LogP contribution is 2.50. The van der Waals surface area contributed by atoms with E-state index < -0.39 is 7.82 Å². The second-order valence-electron chi connectivity index (χ2n) is 2.71. The second-order valence-corrected chi connectivity index (χ2v) is 7.13. The maximum Gasteiger partial charge on any atom is 0.529 e. The number of hydrogen-bond acceptors (Lipinski definition) is 7. The van der Waals surface area contributed by atoms with Crippen LogP contribution in [-0.4, -0.2) is 20.0 Å². The molecular formula is C9H12NO4PS2. The van der Waals surface area contributed by atoms with Gasteiger partial charge in [-0.25, -0.2) is 4.57 Å². The SMILES string of the molecule is CCSc1cc(OP(=O)(OC)OC)c(C#N)s1. The van der Waals surface area contributed by atoms with Gasteiger partial charge in [0.15, 0.2) is 5.75 Å². The molecule has 0 aliphatic heterocycles. The molecule has 0 N–H and O–H groups in total. The van der Waals surface area contributed by atoms with Gasteiger partial charge in [-0.2, -0.15) is 5.26 Å². The summed E-state index contributed by atoms with van der Waals surface area (Å²) in [5.41, 5.74) is 0. The molecule has 5 nitrogen and oxygen atoms in total. The van der Waals surface area contributed by atoms with Crippen molar-refractivity contribution < 1.29 is 18.1 Å². The quantitative estimate of drug-likeness (QED) is 0.590. The Morgan fingerprint density at radius 2 is 2.18 bits per heavy atom. The van der Waals surface area contributed by atoms with Gasteiger partial charge < -0.3 is 4.52 Å². The Morgan fingerprint density at radius 3 is 2.65 bits per heavy atom. The molecule has 94 valence electrons. The first-order valence-electron chi connectivity index (χ1n) is 4.66. The number of hydrogen-bond donors (Lipinski definition) is 0. The summed E-state index contributed by atoms with van der Waals surface area (Å²) in [6.07, 6.45) is 0. The average molecular weight is 293 g/mol. The van der Waals surface area contributed by atoms with Crippen LogP contribution in [0.2, 0.25) is 0 Å². The Balaban J connectivity index is 2.98. The van der Waals surface area contributed by atoms with Crippen molar-refractivity contribution in [2.45, 2.75) is 11.1 Å². The van der Waals surface area contributed by atoms with Crippen LogP contribution in [0.1, 0.15) is 11.8 Å². The molecule has 0 bridgehead atoms. The van der Waals surface area contributed by atoms with E-state index in [0.29, 0.717) is 4.88 Å². The van der Waals surface area contributed by atoms with Gasteiger partial charge in [0.1, 0.15) is 10.9 Å². The lowest BCUT2D eigenvalue weighted by atomic mass is 10.5. The number of phosphoric ester groups is 1. The molecule has 0 aliphatic rings. The standard InChI is InChI=1S/C9H12NO4PS2/c1-4-16-9-5-7(8(6-10)17-9)14-15(11,12-2)13-3/h5H,4H2,1-3H3. The summed E-state index contributed by atoms with van der Waals surface area (Å²) in [5, 5.41) is 8.94. The number of phosphoric acid groups is 1. The highest BCUT2D eigenvalue weighted by atomic mass is 32.2. The zero-order chi connectivity index (χ0) is 12.9. The Hall–Kier alpha value is -0.510. The maximum absolute atomic E-state index is 11.8. The molecule has 0 spiro atoms. The normalized spacial score (nSPS) is 11.2. The summed E-state index contributed by atoms with van der Waals surface area (Å²) >= 11 is 2.87. The van der Waals surface area contributed by atoms with Gasteiger partial charge in [0.25, 0.3) is 0 Å². The molecule has 0 aliphatic carbocycles. The van der Waals surface area contributed by atoms with Crippen LogP contribution < -0.4 is 4.52 Å². The van der Waals surface area contributed by atoms with Crippen LogP contribution in [0, 0.1) is 11.3 Å². The molecule has 0 radical (unpaired) electrons. The molecule has 0 unspecified atom stereocenters. The van der Waals surface area contributed by atoms with Crippen LogP contribution in [0.3, 0.4) is 0 Å². The summed E-state index contributed by atoms with van der Waals surface area (Å²) in [6, 6.07) is 3.66. The van der Waals surface area contributed by atoms with Crippen LogP contribution in [0.5, 0.6) is 5.75 Å². The molecule has 1 rings (SSSR count). The third kappa shape index (κ3) is 3.73. The number of rotatable bonds is 6. The van der Waals surface area contributed by atoms with Crippen molar-refractivity contribution >= 4 is 30.9 Å². The van der Waals surface area contributed by atoms with Crippen LogP contribution in [0.25, 0.3) is 0 Å². The molecule has 1 aromatic rings. The zero-order valence-electron chi connectivity index (χ0n) is 9.63. The Labute approximate surface area is 108 Å². The van der Waals surface area contributed by atoms with Crippen molar-refractivity contribution in [2.24, 2.45) is 0 Å². The van der Waals surface area contributed by atoms with Gasteiger partial charge in [0.05, 0.1) is 4.21 Å². The third-order valence-corrected chi connectivity index (χ3v) is 5.15. The first-order valence-corrected chi connectivity index (χ1v) is 7.92. The van der Waals surface area contributed by atoms with E-state index in [4.69, 9.17) is 9.79 Å². The Morgan fingerprint density at radius 1 is 1.53 bits per heavy atom. The van der Waals surface area contributed by atoms with E-state index in [1.165, 1.54) is 25.6 Å². The Bertz CT molecular complexity index is 460. The fourth-order valence-corrected chi connectivity index (χ4v) is 3.65. The van der Waals surface area contributed by atoms with Gasteiger partial charge in [0.2, 0.25) is 0 Å². The van der Waals surface area contributed by atoms with E-state index in [0.717, 1.165) is 9.96 Å². The van der Waals surface area contributed by atoms with Gasteiger partial charge >= 0.3 is 7.82 Å². The number of nitrogens with zero attached hydrogens (tertiary/aromatic N) is 1. The fourth-order valence-electron chi connectivity index (χ4n) is 0.982. The van der Waals surface area contributed by atoms with Gasteiger partial charge in [0, 0.05) is 20.3 Å². The molecule has 8 heteroatoms. The molecule has 1 aromatic heterocycles. The van der Waals surface area contributed by atoms with E-state index in [1.54, 1.807) is 17.8 Å². The van der Waals surface area contributed by atoms with Crippen molar-refractivity contribution in [3.05, 3.63) is 10.9 Å². The first kappa shape index (κ1) is 14.6. The smallest absolute Gasteiger partial charge is 0.402 e. The minimum absolute atomic E-state index is 0.237. The van der Waals surface area contributed by atoms with E-state index in [9.17, 15) is 4.57 Å². The van der Waals surface area contributed by atoms with Crippen LogP contribution >= 0.6 is 30.9 Å². The third-order valence-electron chi connectivity index (χ3n) is 1.72. The summed E-state index contributed by atoms with van der Waals surface area (Å²) in [7, 11) is -1.15. The van der Waals surface area contributed by atoms with Crippen molar-refractivity contribution in [1.29, 1.82) is 5.26 Å². The van der Waals surface area contributed by atoms with E-state index in [-0.39, 0.29) is 5.75 Å². The summed E-state index contributed by atoms with van der Waals surface area (Å²) in [6.45, 7) is 2.01. The molecule has 0 atom stereocenters. The molecule has 0 saturated carbocycles. The predicted molar refractivity (Wildman–Crippen MR) is 67.7 cm³/mol. The Kier molecular flexibility index (Phi) is 5.50. The van der Waals surface area contributed by atoms with Gasteiger partial charge in [-0.05, 0) is 5.75 Å². The zero-order valence-corrected chi connectivity index (χ0v) is 12.2. The molecule has 0 fully saturated rings. The van der Waals surface area contributed by atoms with Crippen molar-refractivity contribution in [2.75, 3.05) is 20.0 Å². The monoisotopic (exact) mass is 293 g/mol. The molecule has 0 saturated heterocycles. The topological polar surface area (TPSA) is 68.6 Å².